The third kappa shape index (κ3) is 2.75. The van der Waals surface area contributed by atoms with Crippen molar-refractivity contribution < 1.29 is 14.8 Å². The molecule has 0 bridgehead atoms. The minimum absolute atomic E-state index is 0.159. The molecule has 1 aromatic rings. The molecule has 0 aromatic heterocycles. The molecular weight excluding hydrogens is 334 g/mol. The monoisotopic (exact) mass is 337 g/mol. The van der Waals surface area contributed by atoms with Gasteiger partial charge in [0, 0.05) is 0 Å². The van der Waals surface area contributed by atoms with E-state index in [1.54, 1.807) is 0 Å². The van der Waals surface area contributed by atoms with E-state index in [0.717, 1.165) is 0 Å². The van der Waals surface area contributed by atoms with Crippen molar-refractivity contribution >= 4 is 43.5 Å². The maximum atomic E-state index is 10.7. The Bertz CT molecular complexity index is 433. The number of hydrogen-bond donors (Lipinski definition) is 1. The van der Waals surface area contributed by atoms with Crippen LogP contribution in [0.4, 0.5) is 5.69 Å². The number of benzene rings is 1. The quantitative estimate of drug-likeness (QED) is 0.678. The number of rotatable bonds is 3. The van der Waals surface area contributed by atoms with Gasteiger partial charge in [-0.2, -0.15) is 0 Å². The first-order chi connectivity index (χ1) is 6.93. The molecule has 1 rings (SSSR count). The third-order valence-electron chi connectivity index (χ3n) is 1.67. The Morgan fingerprint density at radius 3 is 2.53 bits per heavy atom. The second-order valence-corrected chi connectivity index (χ2v) is 4.34. The van der Waals surface area contributed by atoms with E-state index in [1.807, 2.05) is 0 Å². The lowest BCUT2D eigenvalue weighted by atomic mass is 10.1. The first-order valence-corrected chi connectivity index (χ1v) is 5.35. The van der Waals surface area contributed by atoms with Gasteiger partial charge in [-0.15, -0.1) is 0 Å². The summed E-state index contributed by atoms with van der Waals surface area (Å²) in [6, 6.07) is 2.98. The molecule has 0 aliphatic heterocycles. The summed E-state index contributed by atoms with van der Waals surface area (Å²) in [7, 11) is 0. The van der Waals surface area contributed by atoms with E-state index in [9.17, 15) is 14.9 Å². The summed E-state index contributed by atoms with van der Waals surface area (Å²) in [6.45, 7) is 0. The van der Waals surface area contributed by atoms with Crippen molar-refractivity contribution in [1.29, 1.82) is 0 Å². The van der Waals surface area contributed by atoms with Crippen LogP contribution in [0.15, 0.2) is 21.1 Å². The van der Waals surface area contributed by atoms with Crippen molar-refractivity contribution in [3.05, 3.63) is 36.8 Å². The minimum atomic E-state index is -1.03. The number of carboxylic acid groups (broad SMARTS) is 1. The molecule has 0 heterocycles. The van der Waals surface area contributed by atoms with Crippen molar-refractivity contribution in [2.24, 2.45) is 0 Å². The van der Waals surface area contributed by atoms with E-state index in [4.69, 9.17) is 5.11 Å². The predicted octanol–water partition coefficient (Wildman–Crippen LogP) is 2.75. The normalized spacial score (nSPS) is 10.0. The molecule has 0 amide bonds. The lowest BCUT2D eigenvalue weighted by Crippen LogP contribution is -2.02. The molecule has 0 atom stereocenters. The van der Waals surface area contributed by atoms with Gasteiger partial charge in [-0.25, -0.2) is 0 Å². The molecule has 5 nitrogen and oxygen atoms in total. The molecule has 0 fully saturated rings. The Hall–Kier alpha value is -0.950. The summed E-state index contributed by atoms with van der Waals surface area (Å²) in [4.78, 5) is 20.6. The van der Waals surface area contributed by atoms with Crippen LogP contribution in [-0.2, 0) is 11.2 Å². The average molecular weight is 339 g/mol. The SMILES string of the molecule is O=C(O)Cc1ccc(Br)c([N+](=O)[O-])c1Br. The summed E-state index contributed by atoms with van der Waals surface area (Å²) in [5.74, 6) is -1.03. The number of halogens is 2. The molecule has 7 heteroatoms. The van der Waals surface area contributed by atoms with E-state index >= 15 is 0 Å². The molecule has 0 unspecified atom stereocenters. The van der Waals surface area contributed by atoms with Crippen molar-refractivity contribution in [1.82, 2.24) is 0 Å². The smallest absolute Gasteiger partial charge is 0.307 e. The van der Waals surface area contributed by atoms with Crippen LogP contribution in [0.25, 0.3) is 0 Å². The molecule has 1 N–H and O–H groups in total. The number of carbonyl (C=O) groups is 1. The summed E-state index contributed by atoms with van der Waals surface area (Å²) < 4.78 is 0.512. The molecule has 15 heavy (non-hydrogen) atoms. The Morgan fingerprint density at radius 1 is 1.47 bits per heavy atom. The predicted molar refractivity (Wildman–Crippen MR) is 59.8 cm³/mol. The zero-order valence-electron chi connectivity index (χ0n) is 7.24. The molecule has 0 aliphatic rings. The van der Waals surface area contributed by atoms with Gasteiger partial charge in [-0.05, 0) is 43.5 Å². The molecule has 0 radical (unpaired) electrons. The van der Waals surface area contributed by atoms with E-state index in [2.05, 4.69) is 31.9 Å². The standard InChI is InChI=1S/C8H5Br2NO4/c9-5-2-1-4(3-6(12)13)7(10)8(5)11(14)15/h1-2H,3H2,(H,12,13). The Labute approximate surface area is 102 Å². The largest absolute Gasteiger partial charge is 0.481 e. The maximum Gasteiger partial charge on any atom is 0.307 e. The fourth-order valence-corrected chi connectivity index (χ4v) is 2.42. The van der Waals surface area contributed by atoms with Crippen LogP contribution in [0.1, 0.15) is 5.56 Å². The van der Waals surface area contributed by atoms with Gasteiger partial charge in [0.25, 0.3) is 5.69 Å². The van der Waals surface area contributed by atoms with Crippen LogP contribution >= 0.6 is 31.9 Å². The number of nitrogens with zero attached hydrogens (tertiary/aromatic N) is 1. The Morgan fingerprint density at radius 2 is 2.07 bits per heavy atom. The van der Waals surface area contributed by atoms with Gasteiger partial charge in [0.1, 0.15) is 4.47 Å². The molecular formula is C8H5Br2NO4. The van der Waals surface area contributed by atoms with E-state index in [1.165, 1.54) is 12.1 Å². The second kappa shape index (κ2) is 4.71. The van der Waals surface area contributed by atoms with Crippen LogP contribution < -0.4 is 0 Å². The molecule has 0 saturated heterocycles. The van der Waals surface area contributed by atoms with E-state index in [0.29, 0.717) is 10.0 Å². The van der Waals surface area contributed by atoms with Crippen molar-refractivity contribution in [2.75, 3.05) is 0 Å². The molecule has 80 valence electrons. The fourth-order valence-electron chi connectivity index (χ4n) is 1.05. The van der Waals surface area contributed by atoms with Crippen LogP contribution in [0.5, 0.6) is 0 Å². The lowest BCUT2D eigenvalue weighted by molar-refractivity contribution is -0.386. The van der Waals surface area contributed by atoms with Gasteiger partial charge in [0.2, 0.25) is 0 Å². The highest BCUT2D eigenvalue weighted by Crippen LogP contribution is 2.35. The van der Waals surface area contributed by atoms with E-state index in [-0.39, 0.29) is 16.6 Å². The summed E-state index contributed by atoms with van der Waals surface area (Å²) in [5, 5.41) is 19.3. The highest BCUT2D eigenvalue weighted by atomic mass is 79.9. The van der Waals surface area contributed by atoms with Crippen LogP contribution in [0.2, 0.25) is 0 Å². The fraction of sp³-hybridized carbons (Fsp3) is 0.125. The molecule has 0 aliphatic carbocycles. The average Bonchev–Trinajstić information content (AvgIpc) is 2.09. The first kappa shape index (κ1) is 12.1. The topological polar surface area (TPSA) is 80.4 Å². The summed E-state index contributed by atoms with van der Waals surface area (Å²) >= 11 is 6.06. The van der Waals surface area contributed by atoms with Gasteiger partial charge >= 0.3 is 5.97 Å². The van der Waals surface area contributed by atoms with Gasteiger partial charge in [0.15, 0.2) is 0 Å². The highest BCUT2D eigenvalue weighted by Gasteiger charge is 2.20. The first-order valence-electron chi connectivity index (χ1n) is 3.76. The number of nitro groups is 1. The zero-order chi connectivity index (χ0) is 11.6. The Balaban J connectivity index is 3.28. The molecule has 1 aromatic carbocycles. The summed E-state index contributed by atoms with van der Waals surface area (Å²) in [6.07, 6.45) is -0.255. The Kier molecular flexibility index (Phi) is 3.81. The van der Waals surface area contributed by atoms with Gasteiger partial charge in [-0.1, -0.05) is 6.07 Å². The summed E-state index contributed by atoms with van der Waals surface area (Å²) in [5.41, 5.74) is 0.214. The molecule has 0 saturated carbocycles. The van der Waals surface area contributed by atoms with Crippen LogP contribution in [0, 0.1) is 10.1 Å². The third-order valence-corrected chi connectivity index (χ3v) is 3.20. The zero-order valence-corrected chi connectivity index (χ0v) is 10.4. The van der Waals surface area contributed by atoms with Crippen molar-refractivity contribution in [3.8, 4) is 0 Å². The lowest BCUT2D eigenvalue weighted by Gasteiger charge is -2.03. The molecule has 0 spiro atoms. The van der Waals surface area contributed by atoms with Gasteiger partial charge in [0.05, 0.1) is 15.8 Å². The van der Waals surface area contributed by atoms with Crippen molar-refractivity contribution in [3.63, 3.8) is 0 Å². The van der Waals surface area contributed by atoms with Crippen LogP contribution in [-0.4, -0.2) is 16.0 Å². The second-order valence-electron chi connectivity index (χ2n) is 2.70. The minimum Gasteiger partial charge on any atom is -0.481 e. The van der Waals surface area contributed by atoms with Gasteiger partial charge < -0.3 is 5.11 Å². The number of aliphatic carboxylic acids is 1. The van der Waals surface area contributed by atoms with Gasteiger partial charge in [-0.3, -0.25) is 14.9 Å². The van der Waals surface area contributed by atoms with Crippen molar-refractivity contribution in [2.45, 2.75) is 6.42 Å². The maximum absolute atomic E-state index is 10.7. The highest BCUT2D eigenvalue weighted by molar-refractivity contribution is 9.11. The number of nitro benzene ring substituents is 1. The number of carboxylic acids is 1. The number of hydrogen-bond acceptors (Lipinski definition) is 3. The van der Waals surface area contributed by atoms with E-state index < -0.39 is 10.9 Å². The van der Waals surface area contributed by atoms with Crippen LogP contribution in [0.3, 0.4) is 0 Å².